The van der Waals surface area contributed by atoms with E-state index in [-0.39, 0.29) is 11.7 Å². The summed E-state index contributed by atoms with van der Waals surface area (Å²) < 4.78 is 5.58. The van der Waals surface area contributed by atoms with Crippen LogP contribution in [0.25, 0.3) is 11.1 Å². The zero-order valence-electron chi connectivity index (χ0n) is 13.8. The van der Waals surface area contributed by atoms with Crippen LogP contribution in [-0.2, 0) is 4.79 Å². The number of aliphatic hydroxyl groups excluding tert-OH is 1. The highest BCUT2D eigenvalue weighted by Crippen LogP contribution is 2.27. The van der Waals surface area contributed by atoms with Crippen LogP contribution < -0.4 is 0 Å². The Balaban J connectivity index is 1.92. The second kappa shape index (κ2) is 6.49. The van der Waals surface area contributed by atoms with Crippen LogP contribution in [0.15, 0.2) is 46.9 Å². The number of oxazole rings is 1. The first-order valence-electron chi connectivity index (χ1n) is 7.79. The molecule has 25 heavy (non-hydrogen) atoms. The van der Waals surface area contributed by atoms with Gasteiger partial charge in [0.05, 0.1) is 5.92 Å². The third-order valence-electron chi connectivity index (χ3n) is 4.17. The maximum absolute atomic E-state index is 11.3. The summed E-state index contributed by atoms with van der Waals surface area (Å²) in [6.07, 6.45) is -1.08. The Bertz CT molecular complexity index is 942. The van der Waals surface area contributed by atoms with E-state index in [1.807, 2.05) is 0 Å². The van der Waals surface area contributed by atoms with Gasteiger partial charge in [-0.1, -0.05) is 30.3 Å². The lowest BCUT2D eigenvalue weighted by Crippen LogP contribution is -2.06. The van der Waals surface area contributed by atoms with Crippen molar-refractivity contribution in [1.29, 1.82) is 0 Å². The molecule has 3 aromatic rings. The molecule has 6 nitrogen and oxygen atoms in total. The molecule has 2 unspecified atom stereocenters. The predicted molar refractivity (Wildman–Crippen MR) is 90.6 cm³/mol. The molecular formula is C19H17NO5. The molecular weight excluding hydrogens is 322 g/mol. The molecule has 0 saturated heterocycles. The Hall–Kier alpha value is -2.99. The highest BCUT2D eigenvalue weighted by atomic mass is 16.4. The highest BCUT2D eigenvalue weighted by molar-refractivity contribution is 5.94. The van der Waals surface area contributed by atoms with Crippen molar-refractivity contribution in [3.63, 3.8) is 0 Å². The number of aliphatic carboxylic acids is 1. The number of aliphatic hydroxyl groups is 1. The highest BCUT2D eigenvalue weighted by Gasteiger charge is 2.20. The number of aromatic nitrogens is 1. The number of ketones is 1. The molecule has 0 radical (unpaired) electrons. The van der Waals surface area contributed by atoms with Crippen LogP contribution in [-0.4, -0.2) is 26.9 Å². The smallest absolute Gasteiger partial charge is 0.310 e. The number of carbonyl (C=O) groups is 2. The summed E-state index contributed by atoms with van der Waals surface area (Å²) in [6.45, 7) is 3.07. The first kappa shape index (κ1) is 16.9. The van der Waals surface area contributed by atoms with Crippen molar-refractivity contribution in [1.82, 2.24) is 4.98 Å². The Labute approximate surface area is 143 Å². The molecule has 2 aromatic carbocycles. The second-order valence-corrected chi connectivity index (χ2v) is 5.92. The van der Waals surface area contributed by atoms with E-state index in [2.05, 4.69) is 4.98 Å². The van der Waals surface area contributed by atoms with E-state index >= 15 is 0 Å². The van der Waals surface area contributed by atoms with E-state index in [0.717, 1.165) is 0 Å². The van der Waals surface area contributed by atoms with E-state index in [1.165, 1.54) is 6.92 Å². The van der Waals surface area contributed by atoms with E-state index in [1.54, 1.807) is 49.4 Å². The molecule has 0 aliphatic carbocycles. The average Bonchev–Trinajstić information content (AvgIpc) is 3.03. The lowest BCUT2D eigenvalue weighted by atomic mass is 10.0. The molecule has 1 aromatic heterocycles. The van der Waals surface area contributed by atoms with Crippen molar-refractivity contribution in [2.24, 2.45) is 0 Å². The lowest BCUT2D eigenvalue weighted by Gasteiger charge is -2.07. The molecule has 3 rings (SSSR count). The van der Waals surface area contributed by atoms with Gasteiger partial charge in [-0.15, -0.1) is 0 Å². The SMILES string of the molecule is CC(=O)c1ccc(C(O)c2nc3cc(C(C)C(=O)O)ccc3o2)cc1. The molecule has 0 aliphatic heterocycles. The second-order valence-electron chi connectivity index (χ2n) is 5.92. The molecule has 0 bridgehead atoms. The number of carbonyl (C=O) groups excluding carboxylic acids is 1. The van der Waals surface area contributed by atoms with E-state index < -0.39 is 18.0 Å². The Morgan fingerprint density at radius 2 is 1.72 bits per heavy atom. The number of carboxylic acids is 1. The van der Waals surface area contributed by atoms with Gasteiger partial charge in [-0.05, 0) is 37.1 Å². The van der Waals surface area contributed by atoms with Gasteiger partial charge < -0.3 is 14.6 Å². The quantitative estimate of drug-likeness (QED) is 0.692. The summed E-state index contributed by atoms with van der Waals surface area (Å²) in [5.74, 6) is -1.52. The summed E-state index contributed by atoms with van der Waals surface area (Å²) in [5.41, 5.74) is 2.67. The number of hydrogen-bond acceptors (Lipinski definition) is 5. The molecule has 0 spiro atoms. The minimum Gasteiger partial charge on any atom is -0.481 e. The maximum Gasteiger partial charge on any atom is 0.310 e. The van der Waals surface area contributed by atoms with Gasteiger partial charge in [0, 0.05) is 5.56 Å². The number of Topliss-reactive ketones (excluding diaryl/α,β-unsaturated/α-hetero) is 1. The number of nitrogens with zero attached hydrogens (tertiary/aromatic N) is 1. The standard InChI is InChI=1S/C19H17NO5/c1-10(19(23)24)14-7-8-16-15(9-14)20-18(25-16)17(22)13-5-3-12(4-6-13)11(2)21/h3-10,17,22H,1-2H3,(H,23,24). The van der Waals surface area contributed by atoms with Crippen molar-refractivity contribution < 1.29 is 24.2 Å². The van der Waals surface area contributed by atoms with Gasteiger partial charge in [0.25, 0.3) is 0 Å². The van der Waals surface area contributed by atoms with E-state index in [9.17, 15) is 14.7 Å². The van der Waals surface area contributed by atoms with Crippen LogP contribution in [0.1, 0.15) is 53.2 Å². The van der Waals surface area contributed by atoms with Crippen LogP contribution in [0.5, 0.6) is 0 Å². The third kappa shape index (κ3) is 3.29. The van der Waals surface area contributed by atoms with Crippen LogP contribution >= 0.6 is 0 Å². The molecule has 6 heteroatoms. The fourth-order valence-electron chi connectivity index (χ4n) is 2.53. The molecule has 128 valence electrons. The minimum absolute atomic E-state index is 0.0528. The Morgan fingerprint density at radius 1 is 1.08 bits per heavy atom. The molecule has 0 amide bonds. The van der Waals surface area contributed by atoms with E-state index in [4.69, 9.17) is 9.52 Å². The normalized spacial score (nSPS) is 13.6. The fraction of sp³-hybridized carbons (Fsp3) is 0.211. The lowest BCUT2D eigenvalue weighted by molar-refractivity contribution is -0.138. The van der Waals surface area contributed by atoms with Gasteiger partial charge in [-0.2, -0.15) is 0 Å². The van der Waals surface area contributed by atoms with Crippen LogP contribution in [0.4, 0.5) is 0 Å². The topological polar surface area (TPSA) is 101 Å². The van der Waals surface area contributed by atoms with Crippen molar-refractivity contribution >= 4 is 22.9 Å². The van der Waals surface area contributed by atoms with E-state index in [0.29, 0.717) is 27.8 Å². The van der Waals surface area contributed by atoms with Gasteiger partial charge in [-0.3, -0.25) is 9.59 Å². The number of carboxylic acid groups (broad SMARTS) is 1. The first-order chi connectivity index (χ1) is 11.9. The third-order valence-corrected chi connectivity index (χ3v) is 4.17. The molecule has 0 aliphatic rings. The van der Waals surface area contributed by atoms with Gasteiger partial charge in [0.15, 0.2) is 17.5 Å². The number of fused-ring (bicyclic) bond motifs is 1. The summed E-state index contributed by atoms with van der Waals surface area (Å²) in [7, 11) is 0. The zero-order valence-corrected chi connectivity index (χ0v) is 13.8. The largest absolute Gasteiger partial charge is 0.481 e. The number of hydrogen-bond donors (Lipinski definition) is 2. The first-order valence-corrected chi connectivity index (χ1v) is 7.79. The monoisotopic (exact) mass is 339 g/mol. The minimum atomic E-state index is -1.08. The number of rotatable bonds is 5. The van der Waals surface area contributed by atoms with Crippen molar-refractivity contribution in [2.45, 2.75) is 25.9 Å². The predicted octanol–water partition coefficient (Wildman–Crippen LogP) is 3.30. The van der Waals surface area contributed by atoms with Gasteiger partial charge >= 0.3 is 5.97 Å². The Kier molecular flexibility index (Phi) is 4.37. The number of benzene rings is 2. The van der Waals surface area contributed by atoms with Gasteiger partial charge in [-0.25, -0.2) is 4.98 Å². The molecule has 2 atom stereocenters. The van der Waals surface area contributed by atoms with Crippen molar-refractivity contribution in [3.05, 3.63) is 65.0 Å². The summed E-state index contributed by atoms with van der Waals surface area (Å²) in [4.78, 5) is 26.7. The summed E-state index contributed by atoms with van der Waals surface area (Å²) >= 11 is 0. The van der Waals surface area contributed by atoms with Crippen LogP contribution in [0, 0.1) is 0 Å². The van der Waals surface area contributed by atoms with Crippen LogP contribution in [0.2, 0.25) is 0 Å². The molecule has 0 fully saturated rings. The zero-order chi connectivity index (χ0) is 18.1. The molecule has 1 heterocycles. The average molecular weight is 339 g/mol. The maximum atomic E-state index is 11.3. The van der Waals surface area contributed by atoms with Crippen LogP contribution in [0.3, 0.4) is 0 Å². The fourth-order valence-corrected chi connectivity index (χ4v) is 2.53. The van der Waals surface area contributed by atoms with Gasteiger partial charge in [0.1, 0.15) is 5.52 Å². The summed E-state index contributed by atoms with van der Waals surface area (Å²) in [5, 5.41) is 19.6. The van der Waals surface area contributed by atoms with Gasteiger partial charge in [0.2, 0.25) is 5.89 Å². The molecule has 0 saturated carbocycles. The summed E-state index contributed by atoms with van der Waals surface area (Å²) in [6, 6.07) is 11.5. The van der Waals surface area contributed by atoms with Crippen molar-refractivity contribution in [3.8, 4) is 0 Å². The van der Waals surface area contributed by atoms with Crippen molar-refractivity contribution in [2.75, 3.05) is 0 Å². The Morgan fingerprint density at radius 3 is 2.32 bits per heavy atom. The molecule has 2 N–H and O–H groups in total.